The van der Waals surface area contributed by atoms with E-state index in [0.29, 0.717) is 0 Å². The van der Waals surface area contributed by atoms with Crippen LogP contribution in [0.15, 0.2) is 23.1 Å². The summed E-state index contributed by atoms with van der Waals surface area (Å²) in [5.74, 6) is 0.220. The molecule has 0 radical (unpaired) electrons. The van der Waals surface area contributed by atoms with Crippen LogP contribution in [0.5, 0.6) is 0 Å². The predicted molar refractivity (Wildman–Crippen MR) is 70.5 cm³/mol. The van der Waals surface area contributed by atoms with Gasteiger partial charge in [-0.15, -0.1) is 0 Å². The Morgan fingerprint density at radius 2 is 1.89 bits per heavy atom. The summed E-state index contributed by atoms with van der Waals surface area (Å²) in [5.41, 5.74) is 1.79. The predicted octanol–water partition coefficient (Wildman–Crippen LogP) is 2.05. The highest BCUT2D eigenvalue weighted by atomic mass is 32.2. The molecule has 18 heavy (non-hydrogen) atoms. The maximum Gasteiger partial charge on any atom is 0.294 e. The van der Waals surface area contributed by atoms with Crippen LogP contribution in [0.4, 0.5) is 0 Å². The molecule has 1 heterocycles. The molecule has 1 N–H and O–H groups in total. The van der Waals surface area contributed by atoms with Crippen LogP contribution in [0.1, 0.15) is 29.9 Å². The second-order valence-electron chi connectivity index (χ2n) is 5.09. The highest BCUT2D eigenvalue weighted by molar-refractivity contribution is 7.85. The highest BCUT2D eigenvalue weighted by Crippen LogP contribution is 2.32. The van der Waals surface area contributed by atoms with Crippen molar-refractivity contribution >= 4 is 10.1 Å². The first-order valence-electron chi connectivity index (χ1n) is 6.14. The molecule has 0 saturated carbocycles. The SMILES string of the molecule is Cc1ccc(S(=O)(=O)O)c(C2CCN(C)CC2)c1. The number of benzene rings is 1. The monoisotopic (exact) mass is 269 g/mol. The average molecular weight is 269 g/mol. The molecule has 1 aromatic carbocycles. The molecule has 5 heteroatoms. The lowest BCUT2D eigenvalue weighted by molar-refractivity contribution is 0.254. The van der Waals surface area contributed by atoms with Gasteiger partial charge in [-0.25, -0.2) is 0 Å². The molecule has 0 spiro atoms. The Bertz CT molecular complexity index is 531. The number of nitrogens with zero attached hydrogens (tertiary/aromatic N) is 1. The lowest BCUT2D eigenvalue weighted by Gasteiger charge is -2.30. The van der Waals surface area contributed by atoms with Gasteiger partial charge in [0.2, 0.25) is 0 Å². The number of likely N-dealkylation sites (tertiary alicyclic amines) is 1. The highest BCUT2D eigenvalue weighted by Gasteiger charge is 2.25. The normalized spacial score (nSPS) is 19.1. The molecule has 1 fully saturated rings. The van der Waals surface area contributed by atoms with Gasteiger partial charge >= 0.3 is 0 Å². The second kappa shape index (κ2) is 4.99. The quantitative estimate of drug-likeness (QED) is 0.835. The zero-order chi connectivity index (χ0) is 13.3. The van der Waals surface area contributed by atoms with Crippen molar-refractivity contribution in [3.05, 3.63) is 29.3 Å². The second-order valence-corrected chi connectivity index (χ2v) is 6.48. The summed E-state index contributed by atoms with van der Waals surface area (Å²) in [7, 11) is -2.06. The fraction of sp³-hybridized carbons (Fsp3) is 0.538. The van der Waals surface area contributed by atoms with Crippen molar-refractivity contribution in [2.45, 2.75) is 30.6 Å². The van der Waals surface area contributed by atoms with Crippen LogP contribution in [0.2, 0.25) is 0 Å². The van der Waals surface area contributed by atoms with Crippen molar-refractivity contribution in [3.8, 4) is 0 Å². The minimum absolute atomic E-state index is 0.0719. The van der Waals surface area contributed by atoms with E-state index in [4.69, 9.17) is 0 Å². The van der Waals surface area contributed by atoms with E-state index in [-0.39, 0.29) is 10.8 Å². The van der Waals surface area contributed by atoms with Gasteiger partial charge in [-0.1, -0.05) is 17.7 Å². The Labute approximate surface area is 108 Å². The molecule has 0 aliphatic carbocycles. The van der Waals surface area contributed by atoms with E-state index in [2.05, 4.69) is 11.9 Å². The molecule has 1 saturated heterocycles. The first-order valence-corrected chi connectivity index (χ1v) is 7.58. The third kappa shape index (κ3) is 2.91. The summed E-state index contributed by atoms with van der Waals surface area (Å²) >= 11 is 0. The smallest absolute Gasteiger partial charge is 0.294 e. The molecule has 0 aromatic heterocycles. The lowest BCUT2D eigenvalue weighted by atomic mass is 9.89. The molecule has 2 rings (SSSR count). The minimum Gasteiger partial charge on any atom is -0.306 e. The average Bonchev–Trinajstić information content (AvgIpc) is 2.28. The molecule has 0 atom stereocenters. The number of aryl methyl sites for hydroxylation is 1. The van der Waals surface area contributed by atoms with Gasteiger partial charge in [0, 0.05) is 0 Å². The molecule has 1 aliphatic heterocycles. The van der Waals surface area contributed by atoms with Gasteiger partial charge in [-0.05, 0) is 57.5 Å². The molecule has 0 bridgehead atoms. The number of hydrogen-bond acceptors (Lipinski definition) is 3. The lowest BCUT2D eigenvalue weighted by Crippen LogP contribution is -2.29. The molecule has 4 nitrogen and oxygen atoms in total. The first kappa shape index (κ1) is 13.5. The van der Waals surface area contributed by atoms with E-state index >= 15 is 0 Å². The molecular formula is C13H19NO3S. The largest absolute Gasteiger partial charge is 0.306 e. The van der Waals surface area contributed by atoms with Crippen molar-refractivity contribution < 1.29 is 13.0 Å². The van der Waals surface area contributed by atoms with Crippen molar-refractivity contribution in [2.24, 2.45) is 0 Å². The summed E-state index contributed by atoms with van der Waals surface area (Å²) in [6.07, 6.45) is 1.87. The molecule has 0 unspecified atom stereocenters. The van der Waals surface area contributed by atoms with Crippen LogP contribution < -0.4 is 0 Å². The van der Waals surface area contributed by atoms with Gasteiger partial charge in [-0.3, -0.25) is 4.55 Å². The number of piperidine rings is 1. The Kier molecular flexibility index (Phi) is 3.75. The van der Waals surface area contributed by atoms with Gasteiger partial charge in [0.15, 0.2) is 0 Å². The Morgan fingerprint density at radius 1 is 1.28 bits per heavy atom. The Hall–Kier alpha value is -0.910. The van der Waals surface area contributed by atoms with E-state index in [1.54, 1.807) is 6.07 Å². The topological polar surface area (TPSA) is 57.6 Å². The van der Waals surface area contributed by atoms with Crippen LogP contribution in [0.3, 0.4) is 0 Å². The van der Waals surface area contributed by atoms with Crippen molar-refractivity contribution in [2.75, 3.05) is 20.1 Å². The number of rotatable bonds is 2. The fourth-order valence-electron chi connectivity index (χ4n) is 2.54. The van der Waals surface area contributed by atoms with Crippen molar-refractivity contribution in [1.29, 1.82) is 0 Å². The van der Waals surface area contributed by atoms with Gasteiger partial charge in [0.1, 0.15) is 0 Å². The summed E-state index contributed by atoms with van der Waals surface area (Å²) in [4.78, 5) is 2.31. The zero-order valence-corrected chi connectivity index (χ0v) is 11.6. The summed E-state index contributed by atoms with van der Waals surface area (Å²) in [6.45, 7) is 3.86. The molecular weight excluding hydrogens is 250 g/mol. The minimum atomic E-state index is -4.13. The fourth-order valence-corrected chi connectivity index (χ4v) is 3.30. The van der Waals surface area contributed by atoms with Crippen LogP contribution in [-0.2, 0) is 10.1 Å². The molecule has 100 valence electrons. The van der Waals surface area contributed by atoms with Gasteiger partial charge < -0.3 is 4.90 Å². The van der Waals surface area contributed by atoms with E-state index < -0.39 is 10.1 Å². The molecule has 0 amide bonds. The van der Waals surface area contributed by atoms with E-state index in [1.807, 2.05) is 13.0 Å². The van der Waals surface area contributed by atoms with Crippen LogP contribution in [0.25, 0.3) is 0 Å². The van der Waals surface area contributed by atoms with Crippen LogP contribution in [0, 0.1) is 6.92 Å². The Balaban J connectivity index is 2.40. The molecule has 1 aliphatic rings. The van der Waals surface area contributed by atoms with Crippen LogP contribution >= 0.6 is 0 Å². The number of hydrogen-bond donors (Lipinski definition) is 1. The van der Waals surface area contributed by atoms with E-state index in [9.17, 15) is 13.0 Å². The van der Waals surface area contributed by atoms with Crippen molar-refractivity contribution in [1.82, 2.24) is 4.90 Å². The van der Waals surface area contributed by atoms with E-state index in [1.165, 1.54) is 6.07 Å². The van der Waals surface area contributed by atoms with Crippen LogP contribution in [-0.4, -0.2) is 38.0 Å². The Morgan fingerprint density at radius 3 is 2.44 bits per heavy atom. The van der Waals surface area contributed by atoms with E-state index in [0.717, 1.165) is 37.1 Å². The third-order valence-corrected chi connectivity index (χ3v) is 4.53. The zero-order valence-electron chi connectivity index (χ0n) is 10.8. The van der Waals surface area contributed by atoms with Gasteiger partial charge in [0.25, 0.3) is 10.1 Å². The maximum atomic E-state index is 11.4. The summed E-state index contributed by atoms with van der Waals surface area (Å²) < 4.78 is 32.1. The van der Waals surface area contributed by atoms with Crippen molar-refractivity contribution in [3.63, 3.8) is 0 Å². The van der Waals surface area contributed by atoms with Gasteiger partial charge in [0.05, 0.1) is 4.90 Å². The summed E-state index contributed by atoms with van der Waals surface area (Å²) in [5, 5.41) is 0. The first-order chi connectivity index (χ1) is 8.38. The summed E-state index contributed by atoms with van der Waals surface area (Å²) in [6, 6.07) is 5.12. The maximum absolute atomic E-state index is 11.4. The third-order valence-electron chi connectivity index (χ3n) is 3.60. The van der Waals surface area contributed by atoms with Gasteiger partial charge in [-0.2, -0.15) is 8.42 Å². The standard InChI is InChI=1S/C13H19NO3S/c1-10-3-4-13(18(15,16)17)12(9-10)11-5-7-14(2)8-6-11/h3-4,9,11H,5-8H2,1-2H3,(H,15,16,17). The molecule has 1 aromatic rings.